The van der Waals surface area contributed by atoms with E-state index in [0.717, 1.165) is 12.1 Å². The molecule has 0 atom stereocenters. The third kappa shape index (κ3) is 2.04. The number of ketones is 1. The molecule has 0 aromatic heterocycles. The molecule has 1 aromatic carbocycles. The number of carbonyl (C=O) groups is 1. The van der Waals surface area contributed by atoms with Crippen LogP contribution in [-0.2, 0) is 0 Å². The fraction of sp³-hybridized carbons (Fsp3) is 0. The van der Waals surface area contributed by atoms with Crippen LogP contribution < -0.4 is 0 Å². The van der Waals surface area contributed by atoms with Crippen LogP contribution in [-0.4, -0.2) is 16.8 Å². The summed E-state index contributed by atoms with van der Waals surface area (Å²) in [6, 6.07) is 2.51. The number of halogens is 2. The first-order chi connectivity index (χ1) is 6.15. The maximum absolute atomic E-state index is 12.8. The summed E-state index contributed by atoms with van der Waals surface area (Å²) in [5.41, 5.74) is 7.66. The van der Waals surface area contributed by atoms with E-state index in [-0.39, 0.29) is 5.56 Å². The lowest BCUT2D eigenvalue weighted by Gasteiger charge is -1.94. The molecule has 0 aliphatic heterocycles. The third-order valence-corrected chi connectivity index (χ3v) is 1.37. The zero-order chi connectivity index (χ0) is 9.84. The number of Topliss-reactive ketones (excluding diaryl/α,β-unsaturated/α-hetero) is 1. The number of carbonyl (C=O) groups excluding carboxylic acids is 1. The molecule has 0 aliphatic carbocycles. The first-order valence-electron chi connectivity index (χ1n) is 3.32. The summed E-state index contributed by atoms with van der Waals surface area (Å²) >= 11 is 0. The van der Waals surface area contributed by atoms with Crippen molar-refractivity contribution >= 4 is 12.0 Å². The van der Waals surface area contributed by atoms with Crippen LogP contribution in [0.15, 0.2) is 18.2 Å². The van der Waals surface area contributed by atoms with Crippen molar-refractivity contribution in [3.63, 3.8) is 0 Å². The highest BCUT2D eigenvalue weighted by Crippen LogP contribution is 2.08. The Morgan fingerprint density at radius 1 is 1.46 bits per heavy atom. The van der Waals surface area contributed by atoms with E-state index in [4.69, 9.17) is 5.53 Å². The Morgan fingerprint density at radius 3 is 2.69 bits per heavy atom. The first kappa shape index (κ1) is 9.22. The highest BCUT2D eigenvalue weighted by molar-refractivity contribution is 6.33. The second-order valence-corrected chi connectivity index (χ2v) is 2.23. The summed E-state index contributed by atoms with van der Waals surface area (Å²) in [7, 11) is 0. The number of hydrogen-bond acceptors (Lipinski definition) is 1. The number of nitrogens with zero attached hydrogens (tertiary/aromatic N) is 2. The molecular weight excluding hydrogens is 178 g/mol. The van der Waals surface area contributed by atoms with E-state index in [0.29, 0.717) is 12.3 Å². The van der Waals surface area contributed by atoms with Crippen molar-refractivity contribution in [2.24, 2.45) is 0 Å². The van der Waals surface area contributed by atoms with Gasteiger partial charge in [0.05, 0.1) is 5.56 Å². The van der Waals surface area contributed by atoms with Crippen LogP contribution in [0.3, 0.4) is 0 Å². The van der Waals surface area contributed by atoms with Crippen molar-refractivity contribution in [2.75, 3.05) is 0 Å². The van der Waals surface area contributed by atoms with Crippen molar-refractivity contribution < 1.29 is 18.4 Å². The molecule has 0 aliphatic rings. The van der Waals surface area contributed by atoms with E-state index < -0.39 is 17.4 Å². The highest BCUT2D eigenvalue weighted by atomic mass is 19.1. The van der Waals surface area contributed by atoms with Gasteiger partial charge in [-0.25, -0.2) is 8.78 Å². The molecule has 3 nitrogen and oxygen atoms in total. The zero-order valence-electron chi connectivity index (χ0n) is 6.37. The molecule has 5 heteroatoms. The van der Waals surface area contributed by atoms with Crippen LogP contribution in [0.25, 0.3) is 5.53 Å². The van der Waals surface area contributed by atoms with Gasteiger partial charge in [-0.3, -0.25) is 4.79 Å². The Hall–Kier alpha value is -1.87. The van der Waals surface area contributed by atoms with Gasteiger partial charge in [0.1, 0.15) is 11.6 Å². The zero-order valence-corrected chi connectivity index (χ0v) is 6.37. The van der Waals surface area contributed by atoms with Crippen LogP contribution in [0.1, 0.15) is 10.4 Å². The van der Waals surface area contributed by atoms with Crippen LogP contribution in [0.2, 0.25) is 0 Å². The van der Waals surface area contributed by atoms with E-state index in [2.05, 4.69) is 4.79 Å². The summed E-state index contributed by atoms with van der Waals surface area (Å²) < 4.78 is 25.2. The largest absolute Gasteiger partial charge is 0.361 e. The lowest BCUT2D eigenvalue weighted by atomic mass is 10.1. The minimum Gasteiger partial charge on any atom is -0.361 e. The second kappa shape index (κ2) is 3.69. The number of hydrogen-bond donors (Lipinski definition) is 0. The highest BCUT2D eigenvalue weighted by Gasteiger charge is 2.12. The van der Waals surface area contributed by atoms with Crippen molar-refractivity contribution in [3.05, 3.63) is 40.9 Å². The van der Waals surface area contributed by atoms with Gasteiger partial charge in [0.25, 0.3) is 5.78 Å². The average molecular weight is 182 g/mol. The maximum atomic E-state index is 12.8. The molecule has 0 bridgehead atoms. The summed E-state index contributed by atoms with van der Waals surface area (Å²) in [6.45, 7) is 0. The Bertz CT molecular complexity index is 397. The van der Waals surface area contributed by atoms with Gasteiger partial charge in [-0.1, -0.05) is 0 Å². The third-order valence-electron chi connectivity index (χ3n) is 1.37. The molecule has 0 amide bonds. The van der Waals surface area contributed by atoms with E-state index in [1.807, 2.05) is 0 Å². The molecule has 66 valence electrons. The summed E-state index contributed by atoms with van der Waals surface area (Å²) in [6.07, 6.45) is 0.538. The van der Waals surface area contributed by atoms with Crippen molar-refractivity contribution in [2.45, 2.75) is 0 Å². The van der Waals surface area contributed by atoms with Gasteiger partial charge in [-0.2, -0.15) is 4.79 Å². The molecule has 0 saturated heterocycles. The smallest absolute Gasteiger partial charge is 0.328 e. The second-order valence-electron chi connectivity index (χ2n) is 2.23. The SMILES string of the molecule is [N-]=[N+]=CC(=O)c1ccc(F)cc1F. The monoisotopic (exact) mass is 182 g/mol. The average Bonchev–Trinajstić information content (AvgIpc) is 2.04. The molecular formula is C8H4F2N2O. The molecule has 0 heterocycles. The van der Waals surface area contributed by atoms with Crippen LogP contribution >= 0.6 is 0 Å². The Balaban J connectivity index is 3.16. The van der Waals surface area contributed by atoms with Gasteiger partial charge in [0.2, 0.25) is 0 Å². The summed E-state index contributed by atoms with van der Waals surface area (Å²) in [5, 5.41) is 0. The Morgan fingerprint density at radius 2 is 2.15 bits per heavy atom. The van der Waals surface area contributed by atoms with Crippen LogP contribution in [0, 0.1) is 11.6 Å². The van der Waals surface area contributed by atoms with Gasteiger partial charge >= 0.3 is 6.21 Å². The van der Waals surface area contributed by atoms with Crippen LogP contribution in [0.5, 0.6) is 0 Å². The molecule has 0 N–H and O–H groups in total. The minimum atomic E-state index is -0.982. The van der Waals surface area contributed by atoms with Crippen LogP contribution in [0.4, 0.5) is 8.78 Å². The summed E-state index contributed by atoms with van der Waals surface area (Å²) in [5.74, 6) is -2.57. The quantitative estimate of drug-likeness (QED) is 0.295. The van der Waals surface area contributed by atoms with Crippen molar-refractivity contribution in [1.29, 1.82) is 0 Å². The van der Waals surface area contributed by atoms with Gasteiger partial charge in [0.15, 0.2) is 0 Å². The molecule has 13 heavy (non-hydrogen) atoms. The van der Waals surface area contributed by atoms with Gasteiger partial charge in [-0.15, -0.1) is 0 Å². The standard InChI is InChI=1S/C8H4F2N2O/c9-5-1-2-6(7(10)3-5)8(13)4-12-11/h1-4H. The summed E-state index contributed by atoms with van der Waals surface area (Å²) in [4.78, 5) is 13.3. The van der Waals surface area contributed by atoms with Crippen molar-refractivity contribution in [3.8, 4) is 0 Å². The molecule has 0 unspecified atom stereocenters. The van der Waals surface area contributed by atoms with E-state index in [1.54, 1.807) is 0 Å². The minimum absolute atomic E-state index is 0.334. The predicted molar refractivity (Wildman–Crippen MR) is 40.4 cm³/mol. The van der Waals surface area contributed by atoms with E-state index >= 15 is 0 Å². The molecule has 0 spiro atoms. The van der Waals surface area contributed by atoms with E-state index in [1.165, 1.54) is 0 Å². The Labute approximate surface area is 72.2 Å². The lowest BCUT2D eigenvalue weighted by molar-refractivity contribution is 0.00230. The van der Waals surface area contributed by atoms with Gasteiger partial charge in [0, 0.05) is 6.07 Å². The topological polar surface area (TPSA) is 53.5 Å². The fourth-order valence-corrected chi connectivity index (χ4v) is 0.811. The molecule has 1 rings (SSSR count). The van der Waals surface area contributed by atoms with Gasteiger partial charge < -0.3 is 5.53 Å². The Kier molecular flexibility index (Phi) is 2.62. The first-order valence-corrected chi connectivity index (χ1v) is 3.32. The molecule has 0 fully saturated rings. The van der Waals surface area contributed by atoms with Gasteiger partial charge in [-0.05, 0) is 12.1 Å². The van der Waals surface area contributed by atoms with Crippen molar-refractivity contribution in [1.82, 2.24) is 0 Å². The predicted octanol–water partition coefficient (Wildman–Crippen LogP) is 1.45. The fourth-order valence-electron chi connectivity index (χ4n) is 0.811. The molecule has 0 radical (unpaired) electrons. The normalized spacial score (nSPS) is 9.08. The lowest BCUT2D eigenvalue weighted by Crippen LogP contribution is -2.04. The molecule has 0 saturated carbocycles. The molecule has 1 aromatic rings. The number of benzene rings is 1. The van der Waals surface area contributed by atoms with E-state index in [9.17, 15) is 13.6 Å². The number of rotatable bonds is 2. The maximum Gasteiger partial charge on any atom is 0.328 e.